The monoisotopic (exact) mass is 297 g/mol. The number of hydrogen-bond acceptors (Lipinski definition) is 4. The topological polar surface area (TPSA) is 68.5 Å². The largest absolute Gasteiger partial charge is 0.457 e. The molecule has 0 atom stereocenters. The van der Waals surface area contributed by atoms with Crippen molar-refractivity contribution in [2.24, 2.45) is 0 Å². The summed E-state index contributed by atoms with van der Waals surface area (Å²) in [7, 11) is 0. The number of hydrogen-bond donors (Lipinski definition) is 1. The van der Waals surface area contributed by atoms with Crippen LogP contribution in [0.25, 0.3) is 0 Å². The van der Waals surface area contributed by atoms with Gasteiger partial charge < -0.3 is 14.5 Å². The van der Waals surface area contributed by atoms with Crippen LogP contribution in [0.1, 0.15) is 10.6 Å². The normalized spacial score (nSPS) is 10.1. The number of amides is 1. The Kier molecular flexibility index (Phi) is 4.37. The SMILES string of the molecule is O=C(COC(=O)c1ccco1)Nc1ccc(F)c(Cl)c1. The van der Waals surface area contributed by atoms with Crippen molar-refractivity contribution in [2.75, 3.05) is 11.9 Å². The fourth-order valence-electron chi connectivity index (χ4n) is 1.37. The second-order valence-corrected chi connectivity index (χ2v) is 4.14. The number of benzene rings is 1. The molecule has 1 aromatic carbocycles. The summed E-state index contributed by atoms with van der Waals surface area (Å²) in [6, 6.07) is 6.65. The lowest BCUT2D eigenvalue weighted by atomic mass is 10.3. The minimum atomic E-state index is -0.748. The van der Waals surface area contributed by atoms with Crippen LogP contribution in [-0.4, -0.2) is 18.5 Å². The predicted molar refractivity (Wildman–Crippen MR) is 69.0 cm³/mol. The fraction of sp³-hybridized carbons (Fsp3) is 0.0769. The van der Waals surface area contributed by atoms with Crippen molar-refractivity contribution in [3.63, 3.8) is 0 Å². The van der Waals surface area contributed by atoms with Crippen molar-refractivity contribution >= 4 is 29.2 Å². The Labute approximate surface area is 118 Å². The third-order valence-corrected chi connectivity index (χ3v) is 2.55. The highest BCUT2D eigenvalue weighted by Crippen LogP contribution is 2.19. The average molecular weight is 298 g/mol. The molecule has 7 heteroatoms. The van der Waals surface area contributed by atoms with E-state index in [1.165, 1.54) is 30.5 Å². The predicted octanol–water partition coefficient (Wildman–Crippen LogP) is 2.87. The molecule has 0 saturated carbocycles. The van der Waals surface area contributed by atoms with Crippen LogP contribution >= 0.6 is 11.6 Å². The van der Waals surface area contributed by atoms with Gasteiger partial charge in [0.2, 0.25) is 5.76 Å². The Bertz CT molecular complexity index is 627. The number of esters is 1. The van der Waals surface area contributed by atoms with E-state index in [0.717, 1.165) is 6.07 Å². The third-order valence-electron chi connectivity index (χ3n) is 2.26. The standard InChI is InChI=1S/C13H9ClFNO4/c14-9-6-8(3-4-10(9)15)16-12(17)7-20-13(18)11-2-1-5-19-11/h1-6H,7H2,(H,16,17). The quantitative estimate of drug-likeness (QED) is 0.881. The van der Waals surface area contributed by atoms with Crippen molar-refractivity contribution in [1.29, 1.82) is 0 Å². The summed E-state index contributed by atoms with van der Waals surface area (Å²) in [5.41, 5.74) is 0.301. The Morgan fingerprint density at radius 2 is 2.15 bits per heavy atom. The van der Waals surface area contributed by atoms with Crippen LogP contribution in [-0.2, 0) is 9.53 Å². The lowest BCUT2D eigenvalue weighted by Gasteiger charge is -2.06. The summed E-state index contributed by atoms with van der Waals surface area (Å²) >= 11 is 5.57. The number of anilines is 1. The first-order chi connectivity index (χ1) is 9.56. The van der Waals surface area contributed by atoms with E-state index in [0.29, 0.717) is 5.69 Å². The van der Waals surface area contributed by atoms with Gasteiger partial charge in [-0.2, -0.15) is 0 Å². The average Bonchev–Trinajstić information content (AvgIpc) is 2.94. The Morgan fingerprint density at radius 1 is 1.35 bits per heavy atom. The van der Waals surface area contributed by atoms with Gasteiger partial charge in [0.1, 0.15) is 5.82 Å². The molecule has 0 spiro atoms. The van der Waals surface area contributed by atoms with E-state index in [-0.39, 0.29) is 10.8 Å². The Morgan fingerprint density at radius 3 is 2.80 bits per heavy atom. The molecule has 0 aliphatic rings. The van der Waals surface area contributed by atoms with Gasteiger partial charge in [0.25, 0.3) is 5.91 Å². The van der Waals surface area contributed by atoms with E-state index in [4.69, 9.17) is 20.8 Å². The van der Waals surface area contributed by atoms with Crippen LogP contribution < -0.4 is 5.32 Å². The molecule has 5 nitrogen and oxygen atoms in total. The Hall–Kier alpha value is -2.34. The highest BCUT2D eigenvalue weighted by molar-refractivity contribution is 6.31. The number of carbonyl (C=O) groups is 2. The molecular weight excluding hydrogens is 289 g/mol. The molecule has 0 fully saturated rings. The lowest BCUT2D eigenvalue weighted by Crippen LogP contribution is -2.20. The van der Waals surface area contributed by atoms with Crippen molar-refractivity contribution in [1.82, 2.24) is 0 Å². The van der Waals surface area contributed by atoms with Gasteiger partial charge in [0.05, 0.1) is 11.3 Å². The van der Waals surface area contributed by atoms with E-state index in [9.17, 15) is 14.0 Å². The van der Waals surface area contributed by atoms with Gasteiger partial charge in [-0.1, -0.05) is 11.6 Å². The third kappa shape index (κ3) is 3.58. The second kappa shape index (κ2) is 6.21. The molecule has 0 aliphatic heterocycles. The smallest absolute Gasteiger partial charge is 0.374 e. The zero-order chi connectivity index (χ0) is 14.5. The number of furan rings is 1. The van der Waals surface area contributed by atoms with Gasteiger partial charge in [0, 0.05) is 5.69 Å². The van der Waals surface area contributed by atoms with Crippen molar-refractivity contribution in [3.8, 4) is 0 Å². The number of rotatable bonds is 4. The molecule has 20 heavy (non-hydrogen) atoms. The summed E-state index contributed by atoms with van der Waals surface area (Å²) in [5, 5.41) is 2.30. The molecule has 1 aromatic heterocycles. The van der Waals surface area contributed by atoms with Crippen LogP contribution in [0.4, 0.5) is 10.1 Å². The summed E-state index contributed by atoms with van der Waals surface area (Å²) in [5.74, 6) is -1.91. The highest BCUT2D eigenvalue weighted by Gasteiger charge is 2.12. The zero-order valence-electron chi connectivity index (χ0n) is 10.1. The van der Waals surface area contributed by atoms with E-state index in [2.05, 4.69) is 5.32 Å². The molecule has 2 rings (SSSR count). The molecule has 0 radical (unpaired) electrons. The van der Waals surface area contributed by atoms with Crippen LogP contribution in [0.2, 0.25) is 5.02 Å². The van der Waals surface area contributed by atoms with Gasteiger partial charge in [-0.05, 0) is 30.3 Å². The summed E-state index contributed by atoms with van der Waals surface area (Å²) in [6.07, 6.45) is 1.32. The minimum Gasteiger partial charge on any atom is -0.457 e. The molecule has 1 N–H and O–H groups in total. The van der Waals surface area contributed by atoms with Gasteiger partial charge >= 0.3 is 5.97 Å². The number of carbonyl (C=O) groups excluding carboxylic acids is 2. The summed E-state index contributed by atoms with van der Waals surface area (Å²) in [6.45, 7) is -0.492. The van der Waals surface area contributed by atoms with Crippen LogP contribution in [0.5, 0.6) is 0 Å². The molecule has 104 valence electrons. The van der Waals surface area contributed by atoms with E-state index >= 15 is 0 Å². The molecule has 0 aliphatic carbocycles. The maximum absolute atomic E-state index is 12.9. The van der Waals surface area contributed by atoms with Crippen molar-refractivity contribution < 1.29 is 23.1 Å². The molecule has 2 aromatic rings. The first-order valence-corrected chi connectivity index (χ1v) is 5.89. The van der Waals surface area contributed by atoms with Crippen LogP contribution in [0.3, 0.4) is 0 Å². The maximum Gasteiger partial charge on any atom is 0.374 e. The lowest BCUT2D eigenvalue weighted by molar-refractivity contribution is -0.119. The summed E-state index contributed by atoms with van der Waals surface area (Å²) in [4.78, 5) is 22.9. The molecule has 1 amide bonds. The molecule has 0 saturated heterocycles. The van der Waals surface area contributed by atoms with Crippen molar-refractivity contribution in [3.05, 3.63) is 53.2 Å². The number of nitrogens with one attached hydrogen (secondary N) is 1. The molecule has 0 bridgehead atoms. The zero-order valence-corrected chi connectivity index (χ0v) is 10.8. The fourth-order valence-corrected chi connectivity index (χ4v) is 1.55. The highest BCUT2D eigenvalue weighted by atomic mass is 35.5. The van der Waals surface area contributed by atoms with Gasteiger partial charge in [-0.3, -0.25) is 4.79 Å². The van der Waals surface area contributed by atoms with Gasteiger partial charge in [0.15, 0.2) is 6.61 Å². The van der Waals surface area contributed by atoms with Crippen LogP contribution in [0.15, 0.2) is 41.0 Å². The van der Waals surface area contributed by atoms with Crippen molar-refractivity contribution in [2.45, 2.75) is 0 Å². The number of ether oxygens (including phenoxy) is 1. The first-order valence-electron chi connectivity index (χ1n) is 5.52. The Balaban J connectivity index is 1.86. The number of halogens is 2. The van der Waals surface area contributed by atoms with E-state index < -0.39 is 24.3 Å². The first kappa shape index (κ1) is 14.1. The van der Waals surface area contributed by atoms with Gasteiger partial charge in [-0.25, -0.2) is 9.18 Å². The molecule has 0 unspecified atom stereocenters. The summed E-state index contributed by atoms with van der Waals surface area (Å²) < 4.78 is 22.5. The van der Waals surface area contributed by atoms with Crippen LogP contribution in [0, 0.1) is 5.82 Å². The maximum atomic E-state index is 12.9. The molecular formula is C13H9ClFNO4. The molecule has 1 heterocycles. The van der Waals surface area contributed by atoms with E-state index in [1.54, 1.807) is 0 Å². The second-order valence-electron chi connectivity index (χ2n) is 3.73. The van der Waals surface area contributed by atoms with E-state index in [1.807, 2.05) is 0 Å². The minimum absolute atomic E-state index is 0.00243. The van der Waals surface area contributed by atoms with Gasteiger partial charge in [-0.15, -0.1) is 0 Å².